The Labute approximate surface area is 80.9 Å². The molecule has 4 nitrogen and oxygen atoms in total. The molecule has 0 atom stereocenters. The van der Waals surface area contributed by atoms with Crippen molar-refractivity contribution in [3.05, 3.63) is 23.2 Å². The van der Waals surface area contributed by atoms with Crippen LogP contribution in [0.4, 0.5) is 11.4 Å². The smallest absolute Gasteiger partial charge is 0.241 e. The summed E-state index contributed by atoms with van der Waals surface area (Å²) in [5.41, 5.74) is 6.38. The number of hydrogen-bond acceptors (Lipinski definition) is 4. The van der Waals surface area contributed by atoms with Gasteiger partial charge >= 0.3 is 0 Å². The van der Waals surface area contributed by atoms with Crippen LogP contribution in [0.2, 0.25) is 5.02 Å². The van der Waals surface area contributed by atoms with Crippen molar-refractivity contribution >= 4 is 23.0 Å². The van der Waals surface area contributed by atoms with Gasteiger partial charge in [0.25, 0.3) is 0 Å². The van der Waals surface area contributed by atoms with Gasteiger partial charge < -0.3 is 21.3 Å². The van der Waals surface area contributed by atoms with E-state index in [-0.39, 0.29) is 0 Å². The Morgan fingerprint density at radius 3 is 2.54 bits per heavy atom. The molecule has 0 saturated carbocycles. The third kappa shape index (κ3) is 3.10. The molecule has 0 spiro atoms. The first kappa shape index (κ1) is 10.1. The Bertz CT molecular complexity index is 310. The fourth-order valence-corrected chi connectivity index (χ4v) is 1.01. The third-order valence-corrected chi connectivity index (χ3v) is 1.72. The van der Waals surface area contributed by atoms with Crippen molar-refractivity contribution in [2.75, 3.05) is 11.1 Å². The predicted octanol–water partition coefficient (Wildman–Crippen LogP) is 0.992. The summed E-state index contributed by atoms with van der Waals surface area (Å²) in [5.74, 6) is -1.96. The van der Waals surface area contributed by atoms with Gasteiger partial charge in [-0.3, -0.25) is 0 Å². The SMILES string of the molecule is CC(O)(O)Nc1ccc(Cl)c(N)c1. The van der Waals surface area contributed by atoms with Crippen LogP contribution in [0.25, 0.3) is 0 Å². The summed E-state index contributed by atoms with van der Waals surface area (Å²) in [7, 11) is 0. The second-order valence-corrected chi connectivity index (χ2v) is 3.29. The van der Waals surface area contributed by atoms with Crippen LogP contribution in [-0.4, -0.2) is 16.1 Å². The van der Waals surface area contributed by atoms with Gasteiger partial charge in [0.15, 0.2) is 0 Å². The van der Waals surface area contributed by atoms with Crippen molar-refractivity contribution in [3.63, 3.8) is 0 Å². The first-order valence-corrected chi connectivity index (χ1v) is 4.04. The van der Waals surface area contributed by atoms with Crippen molar-refractivity contribution in [2.24, 2.45) is 0 Å². The molecule has 5 N–H and O–H groups in total. The molecular formula is C8H11ClN2O2. The third-order valence-electron chi connectivity index (χ3n) is 1.38. The predicted molar refractivity (Wildman–Crippen MR) is 52.3 cm³/mol. The Morgan fingerprint density at radius 2 is 2.08 bits per heavy atom. The van der Waals surface area contributed by atoms with Crippen molar-refractivity contribution in [2.45, 2.75) is 12.8 Å². The summed E-state index contributed by atoms with van der Waals surface area (Å²) >= 11 is 5.67. The second kappa shape index (κ2) is 3.41. The topological polar surface area (TPSA) is 78.5 Å². The summed E-state index contributed by atoms with van der Waals surface area (Å²) in [6.07, 6.45) is 0. The molecule has 0 radical (unpaired) electrons. The highest BCUT2D eigenvalue weighted by Gasteiger charge is 2.14. The van der Waals surface area contributed by atoms with Gasteiger partial charge in [-0.25, -0.2) is 0 Å². The second-order valence-electron chi connectivity index (χ2n) is 2.88. The maximum absolute atomic E-state index is 9.00. The molecule has 0 heterocycles. The lowest BCUT2D eigenvalue weighted by atomic mass is 10.2. The zero-order valence-corrected chi connectivity index (χ0v) is 7.84. The highest BCUT2D eigenvalue weighted by Crippen LogP contribution is 2.23. The summed E-state index contributed by atoms with van der Waals surface area (Å²) in [5, 5.41) is 20.9. The lowest BCUT2D eigenvalue weighted by molar-refractivity contribution is -0.118. The van der Waals surface area contributed by atoms with E-state index in [2.05, 4.69) is 5.32 Å². The monoisotopic (exact) mass is 202 g/mol. The van der Waals surface area contributed by atoms with Crippen LogP contribution in [0.15, 0.2) is 18.2 Å². The molecule has 0 aliphatic heterocycles. The summed E-state index contributed by atoms with van der Waals surface area (Å²) in [6.45, 7) is 1.21. The van der Waals surface area contributed by atoms with Gasteiger partial charge in [0.2, 0.25) is 5.91 Å². The lowest BCUT2D eigenvalue weighted by Crippen LogP contribution is -2.33. The highest BCUT2D eigenvalue weighted by atomic mass is 35.5. The van der Waals surface area contributed by atoms with Gasteiger partial charge in [0, 0.05) is 12.6 Å². The number of aliphatic hydroxyl groups is 2. The van der Waals surface area contributed by atoms with Crippen LogP contribution < -0.4 is 11.1 Å². The molecule has 1 aromatic rings. The number of hydrogen-bond donors (Lipinski definition) is 4. The van der Waals surface area contributed by atoms with E-state index in [0.29, 0.717) is 16.4 Å². The number of nitrogen functional groups attached to an aromatic ring is 1. The first-order chi connectivity index (χ1) is 5.88. The molecule has 0 saturated heterocycles. The molecule has 0 aliphatic carbocycles. The van der Waals surface area contributed by atoms with E-state index in [1.165, 1.54) is 13.0 Å². The quantitative estimate of drug-likeness (QED) is 0.426. The Kier molecular flexibility index (Phi) is 2.66. The zero-order valence-electron chi connectivity index (χ0n) is 7.08. The van der Waals surface area contributed by atoms with E-state index in [1.54, 1.807) is 12.1 Å². The molecule has 13 heavy (non-hydrogen) atoms. The molecule has 72 valence electrons. The van der Waals surface area contributed by atoms with E-state index in [1.807, 2.05) is 0 Å². The normalized spacial score (nSPS) is 11.4. The molecular weight excluding hydrogens is 192 g/mol. The van der Waals surface area contributed by atoms with Gasteiger partial charge in [-0.2, -0.15) is 0 Å². The average molecular weight is 203 g/mol. The van der Waals surface area contributed by atoms with Crippen molar-refractivity contribution in [1.29, 1.82) is 0 Å². The van der Waals surface area contributed by atoms with Gasteiger partial charge in [-0.1, -0.05) is 11.6 Å². The molecule has 1 rings (SSSR count). The standard InChI is InChI=1S/C8H11ClN2O2/c1-8(12,13)11-5-2-3-6(9)7(10)4-5/h2-4,11-13H,10H2,1H3. The van der Waals surface area contributed by atoms with Crippen molar-refractivity contribution in [1.82, 2.24) is 0 Å². The number of nitrogens with one attached hydrogen (secondary N) is 1. The van der Waals surface area contributed by atoms with E-state index >= 15 is 0 Å². The van der Waals surface area contributed by atoms with Gasteiger partial charge in [-0.05, 0) is 18.2 Å². The number of halogens is 1. The first-order valence-electron chi connectivity index (χ1n) is 3.66. The van der Waals surface area contributed by atoms with Crippen LogP contribution in [0.1, 0.15) is 6.92 Å². The summed E-state index contributed by atoms with van der Waals surface area (Å²) < 4.78 is 0. The lowest BCUT2D eigenvalue weighted by Gasteiger charge is -2.19. The molecule has 5 heteroatoms. The van der Waals surface area contributed by atoms with Crippen molar-refractivity contribution < 1.29 is 10.2 Å². The fourth-order valence-electron chi connectivity index (χ4n) is 0.895. The van der Waals surface area contributed by atoms with Crippen LogP contribution in [-0.2, 0) is 0 Å². The van der Waals surface area contributed by atoms with Crippen LogP contribution in [0, 0.1) is 0 Å². The summed E-state index contributed by atoms with van der Waals surface area (Å²) in [6, 6.07) is 4.70. The van der Waals surface area contributed by atoms with E-state index in [4.69, 9.17) is 27.5 Å². The van der Waals surface area contributed by atoms with Crippen LogP contribution in [0.3, 0.4) is 0 Å². The Hall–Kier alpha value is -0.970. The largest absolute Gasteiger partial charge is 0.397 e. The molecule has 1 aromatic carbocycles. The molecule has 0 fully saturated rings. The van der Waals surface area contributed by atoms with Crippen LogP contribution >= 0.6 is 11.6 Å². The zero-order chi connectivity index (χ0) is 10.1. The van der Waals surface area contributed by atoms with Gasteiger partial charge in [0.1, 0.15) is 0 Å². The van der Waals surface area contributed by atoms with Gasteiger partial charge in [-0.15, -0.1) is 0 Å². The minimum absolute atomic E-state index is 0.385. The molecule has 0 bridgehead atoms. The van der Waals surface area contributed by atoms with E-state index in [9.17, 15) is 0 Å². The van der Waals surface area contributed by atoms with E-state index < -0.39 is 5.91 Å². The Balaban J connectivity index is 2.86. The number of benzene rings is 1. The molecule has 0 aliphatic rings. The maximum atomic E-state index is 9.00. The highest BCUT2D eigenvalue weighted by molar-refractivity contribution is 6.33. The van der Waals surface area contributed by atoms with Gasteiger partial charge in [0.05, 0.1) is 10.7 Å². The number of nitrogens with two attached hydrogens (primary N) is 1. The molecule has 0 unspecified atom stereocenters. The number of anilines is 2. The molecule has 0 aromatic heterocycles. The Morgan fingerprint density at radius 1 is 1.46 bits per heavy atom. The summed E-state index contributed by atoms with van der Waals surface area (Å²) in [4.78, 5) is 0. The van der Waals surface area contributed by atoms with Crippen LogP contribution in [0.5, 0.6) is 0 Å². The molecule has 0 amide bonds. The fraction of sp³-hybridized carbons (Fsp3) is 0.250. The minimum Gasteiger partial charge on any atom is -0.397 e. The van der Waals surface area contributed by atoms with Crippen molar-refractivity contribution in [3.8, 4) is 0 Å². The van der Waals surface area contributed by atoms with E-state index in [0.717, 1.165) is 0 Å². The maximum Gasteiger partial charge on any atom is 0.241 e. The number of rotatable bonds is 2. The average Bonchev–Trinajstić information content (AvgIpc) is 1.94. The minimum atomic E-state index is -1.96.